The van der Waals surface area contributed by atoms with Crippen molar-refractivity contribution >= 4 is 101 Å². The van der Waals surface area contributed by atoms with Crippen LogP contribution in [0.3, 0.4) is 0 Å². The molecule has 644 valence electrons. The van der Waals surface area contributed by atoms with Gasteiger partial charge in [-0.1, -0.05) is 345 Å². The molecule has 0 spiro atoms. The molecule has 126 heavy (non-hydrogen) atoms. The Morgan fingerprint density at radius 3 is 0.905 bits per heavy atom. The highest BCUT2D eigenvalue weighted by Gasteiger charge is 2.46. The van der Waals surface area contributed by atoms with E-state index in [0.29, 0.717) is 150 Å². The molecule has 13 aromatic carbocycles. The monoisotopic (exact) mass is 1680 g/mol. The van der Waals surface area contributed by atoms with E-state index in [0.717, 1.165) is 11.1 Å². The summed E-state index contributed by atoms with van der Waals surface area (Å²) >= 11 is 0. The van der Waals surface area contributed by atoms with Crippen LogP contribution in [-0.2, 0) is 55.4 Å². The summed E-state index contributed by atoms with van der Waals surface area (Å²) < 4.78 is 229. The van der Waals surface area contributed by atoms with Gasteiger partial charge in [-0.3, -0.25) is 0 Å². The van der Waals surface area contributed by atoms with Crippen molar-refractivity contribution in [2.24, 2.45) is 37.9 Å². The molecule has 0 bridgehead atoms. The third kappa shape index (κ3) is 17.9. The molecular weight excluding hydrogens is 1520 g/mol. The minimum absolute atomic E-state index is 0.127. The first-order valence-corrected chi connectivity index (χ1v) is 44.8. The van der Waals surface area contributed by atoms with E-state index in [1.807, 2.05) is 300 Å². The highest BCUT2D eigenvalue weighted by atomic mass is 15.2. The lowest BCUT2D eigenvalue weighted by Crippen LogP contribution is -2.61. The number of hydrogen-bond acceptors (Lipinski definition) is 2. The number of fused-ring (bicyclic) bond motifs is 10. The molecule has 2 aliphatic rings. The first-order chi connectivity index (χ1) is 67.8. The molecule has 2 aromatic heterocycles. The average Bonchev–Trinajstić information content (AvgIpc) is 0.776. The highest BCUT2D eigenvalue weighted by molar-refractivity contribution is 7.00. The Kier molecular flexibility index (Phi) is 16.0. The molecule has 5 heteroatoms. The summed E-state index contributed by atoms with van der Waals surface area (Å²) in [4.78, 5) is 4.15. The summed E-state index contributed by atoms with van der Waals surface area (Å²) in [5.74, 6) is 0. The van der Waals surface area contributed by atoms with E-state index in [9.17, 15) is 30.2 Å². The molecule has 0 fully saturated rings. The van der Waals surface area contributed by atoms with Gasteiger partial charge in [-0.2, -0.15) is 0 Å². The van der Waals surface area contributed by atoms with Crippen LogP contribution in [0.5, 0.6) is 0 Å². The highest BCUT2D eigenvalue weighted by Crippen LogP contribution is 2.54. The van der Waals surface area contributed by atoms with Crippen molar-refractivity contribution in [3.05, 3.63) is 305 Å². The largest absolute Gasteiger partial charge is 0.311 e. The van der Waals surface area contributed by atoms with E-state index >= 15 is 0 Å². The Morgan fingerprint density at radius 1 is 0.262 bits per heavy atom. The molecule has 0 atom stereocenters. The average molecular weight is 1680 g/mol. The van der Waals surface area contributed by atoms with Crippen LogP contribution in [-0.4, -0.2) is 15.8 Å². The fourth-order valence-corrected chi connectivity index (χ4v) is 18.5. The van der Waals surface area contributed by atoms with Gasteiger partial charge >= 0.3 is 0 Å². The third-order valence-corrected chi connectivity index (χ3v) is 23.1. The van der Waals surface area contributed by atoms with Crippen LogP contribution in [0.4, 0.5) is 34.1 Å². The molecule has 0 saturated heterocycles. The fourth-order valence-electron chi connectivity index (χ4n) is 18.5. The predicted octanol–water partition coefficient (Wildman–Crippen LogP) is 32.3. The van der Waals surface area contributed by atoms with Gasteiger partial charge in [0.15, 0.2) is 0 Å². The molecule has 15 aromatic rings. The van der Waals surface area contributed by atoms with Gasteiger partial charge in [0.1, 0.15) is 0 Å². The zero-order valence-electron chi connectivity index (χ0n) is 101. The summed E-state index contributed by atoms with van der Waals surface area (Å²) in [6.07, 6.45) is -15.0. The Bertz CT molecular complexity index is 7560. The van der Waals surface area contributed by atoms with Crippen molar-refractivity contribution < 1.29 is 30.2 Å². The van der Waals surface area contributed by atoms with E-state index in [4.69, 9.17) is 0 Å². The molecule has 0 N–H and O–H groups in total. The summed E-state index contributed by atoms with van der Waals surface area (Å²) in [6, 6.07) is 60.9. The van der Waals surface area contributed by atoms with Gasteiger partial charge in [0.05, 0.1) is 44.4 Å². The van der Waals surface area contributed by atoms with Crippen molar-refractivity contribution in [2.45, 2.75) is 242 Å². The minimum Gasteiger partial charge on any atom is -0.311 e. The van der Waals surface area contributed by atoms with E-state index in [1.165, 1.54) is 0 Å². The Balaban J connectivity index is 1.16. The number of aromatic nitrogens is 2. The summed E-state index contributed by atoms with van der Waals surface area (Å²) in [5, 5.41) is 1.63. The van der Waals surface area contributed by atoms with E-state index in [2.05, 4.69) is 51.3 Å². The molecule has 17 rings (SSSR count). The molecule has 0 amide bonds. The smallest absolute Gasteiger partial charge is 0.252 e. The van der Waals surface area contributed by atoms with Gasteiger partial charge in [0.25, 0.3) is 6.71 Å². The molecule has 4 nitrogen and oxygen atoms in total. The van der Waals surface area contributed by atoms with Crippen molar-refractivity contribution in [2.75, 3.05) is 9.80 Å². The van der Waals surface area contributed by atoms with Crippen LogP contribution >= 0.6 is 0 Å². The number of benzene rings is 13. The SMILES string of the molecule is [2H]c1c([2H])c([2H])c2c(c1[2H])c1cc(C(C)(C)C)ccc1n2-c1ccc2c(c1)N(c1cc(-c3cccc(C([2H])([2H])C(C)(C)C)c3)c(C([2H])([2H])C(C)(C)C)cc1-c1cccc(C([2H])([2H])C(C)(C)C)c1)c1cc(C([2H])([2H])C(C)(C)C)cc3c1B2c1ccc(-n2c4ccc(C(C)(C)C)cc4c4c([2H])c([2H])c([2H])c([2H])c42)cc1N3c1cc(-c2cccc(C([2H])([2H])C(C)(C)C)c2)c(C([2H])([2H])C(C)(C)C)cc1-c1cccc(C([2H])([2H])C(C)(C)C)c1. The lowest BCUT2D eigenvalue weighted by atomic mass is 9.33. The maximum absolute atomic E-state index is 11.3. The predicted molar refractivity (Wildman–Crippen MR) is 550 cm³/mol. The second-order valence-electron chi connectivity index (χ2n) is 44.4. The lowest BCUT2D eigenvalue weighted by Gasteiger charge is -2.46. The Labute approximate surface area is 786 Å². The fraction of sp³-hybridized carbons (Fsp3) is 0.355. The Hall–Kier alpha value is -10.9. The zero-order valence-corrected chi connectivity index (χ0v) is 79.0. The van der Waals surface area contributed by atoms with Crippen LogP contribution in [0.2, 0.25) is 0 Å². The van der Waals surface area contributed by atoms with E-state index < -0.39 is 124 Å². The normalized spacial score (nSPS) is 17.0. The van der Waals surface area contributed by atoms with E-state index in [-0.39, 0.29) is 62.7 Å². The second kappa shape index (κ2) is 31.6. The first-order valence-electron chi connectivity index (χ1n) is 55.8. The molecule has 0 saturated carbocycles. The standard InChI is InChI=1S/C121H137BN4/c1-113(2,3)70-77-36-32-40-82(56-77)94-68-106(96(62-86(94)75-118(16,17)18)84-42-34-38-79(58-84)72-115(7,8)9)125-108-66-90(123-102-46-30-28-44-92(102)98-64-88(120(22,23)24)48-54-104(98)123)50-52-100(108)122-101-53-51-91(124-103-47-31-29-45-93(103)99-65-89(121(25,26)27)49-55-105(99)124)67-109(101)126(111-61-81(74-117(13,14)15)60-110(125)112(111)122)107-69-95(83-41-33-37-78(57-83)71-114(4,5)6)87(76-119(19,20)21)63-97(107)85-43-35-39-80(59-85)73-116(10,11)12/h28-69H,70-76H2,1-27H3/i28D,29D,30D,31D,44D,45D,46D,47D,70D2,71D2,72D2,73D2,74D2,75D2,76D2. The maximum Gasteiger partial charge on any atom is 0.252 e. The maximum atomic E-state index is 11.3. The number of anilines is 6. The summed E-state index contributed by atoms with van der Waals surface area (Å²) in [6.45, 7) is 49.9. The second-order valence-corrected chi connectivity index (χ2v) is 44.4. The van der Waals surface area contributed by atoms with Crippen molar-refractivity contribution in [1.29, 1.82) is 0 Å². The molecule has 0 radical (unpaired) electrons. The number of rotatable bonds is 15. The van der Waals surface area contributed by atoms with E-state index in [1.54, 1.807) is 60.7 Å². The molecule has 4 heterocycles. The topological polar surface area (TPSA) is 16.3 Å². The van der Waals surface area contributed by atoms with Crippen LogP contribution < -0.4 is 26.2 Å². The number of hydrogen-bond donors (Lipinski definition) is 0. The van der Waals surface area contributed by atoms with Crippen LogP contribution in [0, 0.1) is 37.9 Å². The van der Waals surface area contributed by atoms with Gasteiger partial charge in [-0.05, 0) is 290 Å². The van der Waals surface area contributed by atoms with Crippen molar-refractivity contribution in [1.82, 2.24) is 9.13 Å². The van der Waals surface area contributed by atoms with Crippen LogP contribution in [0.15, 0.2) is 255 Å². The van der Waals surface area contributed by atoms with Gasteiger partial charge in [-0.15, -0.1) is 0 Å². The number of para-hydroxylation sites is 2. The zero-order chi connectivity index (χ0) is 109. The first kappa shape index (κ1) is 63.9. The minimum atomic E-state index is -2.38. The van der Waals surface area contributed by atoms with Gasteiger partial charge < -0.3 is 18.9 Å². The van der Waals surface area contributed by atoms with Gasteiger partial charge in [0, 0.05) is 86.0 Å². The lowest BCUT2D eigenvalue weighted by molar-refractivity contribution is 0.410. The Morgan fingerprint density at radius 2 is 0.579 bits per heavy atom. The van der Waals surface area contributed by atoms with Crippen LogP contribution in [0.1, 0.15) is 267 Å². The molecule has 0 aliphatic carbocycles. The van der Waals surface area contributed by atoms with Gasteiger partial charge in [0.2, 0.25) is 0 Å². The molecule has 0 unspecified atom stereocenters. The van der Waals surface area contributed by atoms with Crippen molar-refractivity contribution in [3.63, 3.8) is 0 Å². The third-order valence-electron chi connectivity index (χ3n) is 23.1. The molecular formula is C121H137BN4. The summed E-state index contributed by atoms with van der Waals surface area (Å²) in [5.41, 5.74) is 4.20. The quantitative estimate of drug-likeness (QED) is 0.0951. The van der Waals surface area contributed by atoms with Crippen molar-refractivity contribution in [3.8, 4) is 55.9 Å². The number of nitrogens with zero attached hydrogens (tertiary/aromatic N) is 4. The summed E-state index contributed by atoms with van der Waals surface area (Å²) in [7, 11) is 0. The molecule has 2 aliphatic heterocycles. The van der Waals surface area contributed by atoms with Gasteiger partial charge in [-0.25, -0.2) is 0 Å². The van der Waals surface area contributed by atoms with Crippen LogP contribution in [0.25, 0.3) is 99.5 Å².